The van der Waals surface area contributed by atoms with Crippen LogP contribution in [0.4, 0.5) is 8.68 Å². The molecule has 0 aromatic carbocycles. The number of halogens is 1. The number of oxazole rings is 1. The molecule has 0 atom stereocenters. The third kappa shape index (κ3) is 4.16. The van der Waals surface area contributed by atoms with Crippen LogP contribution in [0, 0.1) is 0 Å². The summed E-state index contributed by atoms with van der Waals surface area (Å²) in [4.78, 5) is 16.9. The van der Waals surface area contributed by atoms with Crippen LogP contribution in [0.15, 0.2) is 10.8 Å². The van der Waals surface area contributed by atoms with E-state index in [9.17, 15) is 17.1 Å². The minimum absolute atomic E-state index is 0.0475. The van der Waals surface area contributed by atoms with Gasteiger partial charge in [-0.3, -0.25) is 0 Å². The molecule has 1 saturated heterocycles. The summed E-state index contributed by atoms with van der Waals surface area (Å²) in [6.45, 7) is 5.95. The van der Waals surface area contributed by atoms with E-state index in [-0.39, 0.29) is 11.6 Å². The molecular weight excluding hydrogens is 303 g/mol. The first-order valence-electron chi connectivity index (χ1n) is 6.38. The second kappa shape index (κ2) is 5.28. The number of nitrogens with zero attached hydrogens (tertiary/aromatic N) is 2. The first-order chi connectivity index (χ1) is 9.55. The quantitative estimate of drug-likeness (QED) is 0.789. The molecule has 1 amide bonds. The molecule has 7 nitrogen and oxygen atoms in total. The van der Waals surface area contributed by atoms with Gasteiger partial charge in [0.1, 0.15) is 22.8 Å². The Bertz CT molecular complexity index is 628. The number of amides is 1. The maximum atomic E-state index is 12.7. The number of carbonyl (C=O) groups is 1. The Hall–Kier alpha value is -1.64. The van der Waals surface area contributed by atoms with Crippen molar-refractivity contribution in [2.24, 2.45) is 0 Å². The van der Waals surface area contributed by atoms with Crippen LogP contribution in [0.2, 0.25) is 0 Å². The highest BCUT2D eigenvalue weighted by atomic mass is 32.3. The van der Waals surface area contributed by atoms with E-state index < -0.39 is 27.7 Å². The van der Waals surface area contributed by atoms with Gasteiger partial charge in [-0.15, -0.1) is 3.89 Å². The largest absolute Gasteiger partial charge is 0.448 e. The van der Waals surface area contributed by atoms with Crippen molar-refractivity contribution in [1.29, 1.82) is 0 Å². The summed E-state index contributed by atoms with van der Waals surface area (Å²) in [6, 6.07) is 0. The summed E-state index contributed by atoms with van der Waals surface area (Å²) in [5.41, 5.74) is -0.534. The SMILES string of the molecule is CC(C)(C)OC(=O)N1CC(c2ocnc2CS(=O)(=O)F)C1. The van der Waals surface area contributed by atoms with Gasteiger partial charge < -0.3 is 14.1 Å². The number of likely N-dealkylation sites (tertiary alicyclic amines) is 1. The summed E-state index contributed by atoms with van der Waals surface area (Å²) in [5, 5.41) is 0. The number of hydrogen-bond acceptors (Lipinski definition) is 6. The van der Waals surface area contributed by atoms with Crippen LogP contribution in [-0.2, 0) is 20.7 Å². The summed E-state index contributed by atoms with van der Waals surface area (Å²) in [6.07, 6.45) is 0.629. The smallest absolute Gasteiger partial charge is 0.410 e. The minimum Gasteiger partial charge on any atom is -0.448 e. The number of aromatic nitrogens is 1. The van der Waals surface area contributed by atoms with Gasteiger partial charge >= 0.3 is 16.3 Å². The van der Waals surface area contributed by atoms with Gasteiger partial charge in [-0.1, -0.05) is 0 Å². The first kappa shape index (κ1) is 15.7. The third-order valence-electron chi connectivity index (χ3n) is 2.89. The monoisotopic (exact) mass is 320 g/mol. The maximum Gasteiger partial charge on any atom is 0.410 e. The number of rotatable bonds is 3. The standard InChI is InChI=1S/C12H17FN2O5S/c1-12(2,3)20-11(16)15-4-8(5-15)10-9(14-7-19-10)6-21(13,17)18/h7-8H,4-6H2,1-3H3. The highest BCUT2D eigenvalue weighted by molar-refractivity contribution is 7.85. The molecule has 1 aliphatic heterocycles. The first-order valence-corrected chi connectivity index (χ1v) is 7.93. The molecule has 21 heavy (non-hydrogen) atoms. The molecule has 1 fully saturated rings. The number of hydrogen-bond donors (Lipinski definition) is 0. The molecule has 1 aliphatic rings. The zero-order valence-corrected chi connectivity index (χ0v) is 12.8. The second-order valence-corrected chi connectivity index (χ2v) is 7.30. The van der Waals surface area contributed by atoms with Crippen molar-refractivity contribution < 1.29 is 26.3 Å². The molecular formula is C12H17FN2O5S. The predicted molar refractivity (Wildman–Crippen MR) is 70.8 cm³/mol. The van der Waals surface area contributed by atoms with Crippen LogP contribution in [0.1, 0.15) is 38.1 Å². The summed E-state index contributed by atoms with van der Waals surface area (Å²) in [5.74, 6) is -0.713. The van der Waals surface area contributed by atoms with E-state index in [1.165, 1.54) is 4.90 Å². The lowest BCUT2D eigenvalue weighted by Crippen LogP contribution is -2.50. The fraction of sp³-hybridized carbons (Fsp3) is 0.667. The fourth-order valence-electron chi connectivity index (χ4n) is 2.00. The molecule has 0 saturated carbocycles. The Morgan fingerprint density at radius 3 is 2.67 bits per heavy atom. The lowest BCUT2D eigenvalue weighted by atomic mass is 9.96. The molecule has 0 spiro atoms. The van der Waals surface area contributed by atoms with Crippen molar-refractivity contribution in [2.75, 3.05) is 13.1 Å². The van der Waals surface area contributed by atoms with Crippen molar-refractivity contribution in [2.45, 2.75) is 38.0 Å². The average Bonchev–Trinajstić information content (AvgIpc) is 2.58. The molecule has 1 aromatic heterocycles. The molecule has 0 N–H and O–H groups in total. The zero-order chi connectivity index (χ0) is 15.8. The van der Waals surface area contributed by atoms with Crippen LogP contribution >= 0.6 is 0 Å². The molecule has 1 aromatic rings. The topological polar surface area (TPSA) is 89.7 Å². The van der Waals surface area contributed by atoms with Crippen molar-refractivity contribution in [3.05, 3.63) is 17.8 Å². The average molecular weight is 320 g/mol. The Balaban J connectivity index is 1.96. The van der Waals surface area contributed by atoms with Crippen molar-refractivity contribution in [1.82, 2.24) is 9.88 Å². The highest BCUT2D eigenvalue weighted by Crippen LogP contribution is 2.31. The number of carbonyl (C=O) groups excluding carboxylic acids is 1. The van der Waals surface area contributed by atoms with E-state index >= 15 is 0 Å². The van der Waals surface area contributed by atoms with E-state index in [0.29, 0.717) is 18.8 Å². The van der Waals surface area contributed by atoms with Gasteiger partial charge in [-0.25, -0.2) is 9.78 Å². The van der Waals surface area contributed by atoms with Gasteiger partial charge in [-0.2, -0.15) is 8.42 Å². The van der Waals surface area contributed by atoms with Crippen molar-refractivity contribution in [3.63, 3.8) is 0 Å². The molecule has 0 unspecified atom stereocenters. The van der Waals surface area contributed by atoms with Crippen LogP contribution in [-0.4, -0.2) is 43.1 Å². The number of ether oxygens (including phenoxy) is 1. The van der Waals surface area contributed by atoms with Gasteiger partial charge in [0, 0.05) is 13.1 Å². The van der Waals surface area contributed by atoms with Gasteiger partial charge in [-0.05, 0) is 20.8 Å². The predicted octanol–water partition coefficient (Wildman–Crippen LogP) is 1.81. The van der Waals surface area contributed by atoms with Crippen LogP contribution in [0.25, 0.3) is 0 Å². The maximum absolute atomic E-state index is 12.7. The van der Waals surface area contributed by atoms with Gasteiger partial charge in [0.25, 0.3) is 0 Å². The van der Waals surface area contributed by atoms with E-state index in [1.54, 1.807) is 20.8 Å². The molecule has 0 aliphatic carbocycles. The van der Waals surface area contributed by atoms with E-state index in [0.717, 1.165) is 6.39 Å². The van der Waals surface area contributed by atoms with E-state index in [2.05, 4.69) is 4.98 Å². The highest BCUT2D eigenvalue weighted by Gasteiger charge is 2.38. The molecule has 0 radical (unpaired) electrons. The summed E-state index contributed by atoms with van der Waals surface area (Å²) in [7, 11) is -4.67. The zero-order valence-electron chi connectivity index (χ0n) is 12.0. The van der Waals surface area contributed by atoms with Crippen LogP contribution < -0.4 is 0 Å². The van der Waals surface area contributed by atoms with Crippen LogP contribution in [0.3, 0.4) is 0 Å². The molecule has 9 heteroatoms. The molecule has 0 bridgehead atoms. The Labute approximate surface area is 122 Å². The van der Waals surface area contributed by atoms with Gasteiger partial charge in [0.05, 0.1) is 5.92 Å². The summed E-state index contributed by atoms with van der Waals surface area (Å²) < 4.78 is 44.4. The van der Waals surface area contributed by atoms with Gasteiger partial charge in [0.15, 0.2) is 6.39 Å². The summed E-state index contributed by atoms with van der Waals surface area (Å²) >= 11 is 0. The lowest BCUT2D eigenvalue weighted by molar-refractivity contribution is 0.00643. The fourth-order valence-corrected chi connectivity index (χ4v) is 2.55. The Morgan fingerprint density at radius 2 is 2.14 bits per heavy atom. The van der Waals surface area contributed by atoms with Crippen molar-refractivity contribution >= 4 is 16.3 Å². The lowest BCUT2D eigenvalue weighted by Gasteiger charge is -2.38. The molecule has 118 valence electrons. The normalized spacial score (nSPS) is 16.7. The molecule has 2 rings (SSSR count). The van der Waals surface area contributed by atoms with Crippen molar-refractivity contribution in [3.8, 4) is 0 Å². The Morgan fingerprint density at radius 1 is 1.52 bits per heavy atom. The Kier molecular flexibility index (Phi) is 3.96. The molecule has 2 heterocycles. The minimum atomic E-state index is -4.67. The third-order valence-corrected chi connectivity index (χ3v) is 3.50. The van der Waals surface area contributed by atoms with E-state index in [4.69, 9.17) is 9.15 Å². The van der Waals surface area contributed by atoms with Gasteiger partial charge in [0.2, 0.25) is 0 Å². The second-order valence-electron chi connectivity index (χ2n) is 5.93. The van der Waals surface area contributed by atoms with Crippen LogP contribution in [0.5, 0.6) is 0 Å². The van der Waals surface area contributed by atoms with E-state index in [1.807, 2.05) is 0 Å².